The first-order chi connectivity index (χ1) is 23.7. The lowest BCUT2D eigenvalue weighted by atomic mass is 9.77. The van der Waals surface area contributed by atoms with E-state index in [-0.39, 0.29) is 23.5 Å². The lowest BCUT2D eigenvalue weighted by Crippen LogP contribution is -2.44. The molecule has 1 aliphatic carbocycles. The van der Waals surface area contributed by atoms with E-state index in [1.165, 1.54) is 10.9 Å². The number of hydrogen-bond donors (Lipinski definition) is 9. The standard InChI is InChI=1S/C30H29N5O13P2/c36-17-9-19(47-18(17)10-46-50(44,45)48-49(41,42)43)35-11-31-24-28(35)33-30(34-29(24)40)32-23-22-15-7-6-13-3-1-2-12-4-5-14(21(15)20(12)13)8-16(22)25(37)27(39)26(23)38/h1-8,11,17-19,23,25-27,36-39H,9-10H2,(H,44,45)(H2,41,42,43)(H2,32,33,34,40)/t17-,18+,19+,23-,25+,26+,27-/m0/s1. The lowest BCUT2D eigenvalue weighted by Gasteiger charge is -2.38. The Morgan fingerprint density at radius 2 is 1.70 bits per heavy atom. The second kappa shape index (κ2) is 11.8. The molecular weight excluding hydrogens is 700 g/mol. The van der Waals surface area contributed by atoms with Gasteiger partial charge >= 0.3 is 15.6 Å². The van der Waals surface area contributed by atoms with Gasteiger partial charge in [0.25, 0.3) is 5.56 Å². The summed E-state index contributed by atoms with van der Waals surface area (Å²) in [5.74, 6) is -0.122. The third kappa shape index (κ3) is 5.59. The van der Waals surface area contributed by atoms with Crippen LogP contribution < -0.4 is 10.9 Å². The smallest absolute Gasteiger partial charge is 0.390 e. The SMILES string of the molecule is O=c1[nH]c(N[C@H]2c3c(cc4ccc5cccc6ccc3c4c56)[C@@H](O)[C@H](O)[C@@H]2O)nc2c1ncn2[C@H]1C[C@H](O)[C@@H](COP(=O)(O)OP(=O)(O)O)O1. The van der Waals surface area contributed by atoms with Crippen LogP contribution in [0.1, 0.15) is 35.9 Å². The molecule has 2 aliphatic rings. The summed E-state index contributed by atoms with van der Waals surface area (Å²) in [6, 6.07) is 14.4. The number of aliphatic hydroxyl groups is 4. The molecule has 8 atom stereocenters. The van der Waals surface area contributed by atoms with E-state index in [0.29, 0.717) is 11.1 Å². The van der Waals surface area contributed by atoms with E-state index in [4.69, 9.17) is 14.5 Å². The van der Waals surface area contributed by atoms with Gasteiger partial charge in [0.2, 0.25) is 5.95 Å². The van der Waals surface area contributed by atoms with Crippen molar-refractivity contribution in [3.8, 4) is 0 Å². The number of aromatic nitrogens is 4. The largest absolute Gasteiger partial charge is 0.481 e. The zero-order valence-corrected chi connectivity index (χ0v) is 27.3. The number of aromatic amines is 1. The van der Waals surface area contributed by atoms with Gasteiger partial charge in [-0.15, -0.1) is 0 Å². The highest BCUT2D eigenvalue weighted by atomic mass is 31.3. The van der Waals surface area contributed by atoms with Gasteiger partial charge in [0.05, 0.1) is 25.1 Å². The van der Waals surface area contributed by atoms with Crippen LogP contribution in [0, 0.1) is 0 Å². The van der Waals surface area contributed by atoms with Crippen molar-refractivity contribution in [1.82, 2.24) is 19.5 Å². The minimum Gasteiger partial charge on any atom is -0.390 e. The van der Waals surface area contributed by atoms with Crippen molar-refractivity contribution in [1.29, 1.82) is 0 Å². The summed E-state index contributed by atoms with van der Waals surface area (Å²) in [5, 5.41) is 52.5. The van der Waals surface area contributed by atoms with Crippen molar-refractivity contribution >= 4 is 65.1 Å². The molecule has 18 nitrogen and oxygen atoms in total. The molecule has 0 saturated carbocycles. The van der Waals surface area contributed by atoms with Crippen LogP contribution in [-0.2, 0) is 22.7 Å². The Hall–Kier alpha value is -3.87. The van der Waals surface area contributed by atoms with Gasteiger partial charge < -0.3 is 45.2 Å². The van der Waals surface area contributed by atoms with E-state index in [1.807, 2.05) is 42.5 Å². The highest BCUT2D eigenvalue weighted by Crippen LogP contribution is 2.57. The number of phosphoric ester groups is 1. The van der Waals surface area contributed by atoms with Crippen molar-refractivity contribution in [3.63, 3.8) is 0 Å². The van der Waals surface area contributed by atoms with Crippen molar-refractivity contribution in [2.24, 2.45) is 0 Å². The van der Waals surface area contributed by atoms with Gasteiger partial charge in [-0.2, -0.15) is 9.29 Å². The maximum Gasteiger partial charge on any atom is 0.481 e. The molecule has 6 aromatic rings. The molecule has 1 saturated heterocycles. The third-order valence-electron chi connectivity index (χ3n) is 9.22. The van der Waals surface area contributed by atoms with Gasteiger partial charge in [-0.05, 0) is 49.5 Å². The fourth-order valence-electron chi connectivity index (χ4n) is 7.06. The Morgan fingerprint density at radius 1 is 0.980 bits per heavy atom. The Bertz CT molecular complexity index is 2430. The first-order valence-corrected chi connectivity index (χ1v) is 18.3. The molecule has 0 amide bonds. The molecule has 0 spiro atoms. The number of rotatable bonds is 8. The second-order valence-corrected chi connectivity index (χ2v) is 15.1. The van der Waals surface area contributed by atoms with E-state index in [1.54, 1.807) is 6.07 Å². The zero-order valence-electron chi connectivity index (χ0n) is 25.5. The van der Waals surface area contributed by atoms with Gasteiger partial charge in [-0.1, -0.05) is 42.5 Å². The van der Waals surface area contributed by atoms with Crippen molar-refractivity contribution in [3.05, 3.63) is 76.3 Å². The normalized spacial score (nSPS) is 27.0. The fourth-order valence-corrected chi connectivity index (χ4v) is 8.66. The Balaban J connectivity index is 1.14. The van der Waals surface area contributed by atoms with Crippen LogP contribution in [0.15, 0.2) is 59.7 Å². The summed E-state index contributed by atoms with van der Waals surface area (Å²) in [6.45, 7) is -0.783. The highest BCUT2D eigenvalue weighted by molar-refractivity contribution is 7.60. The number of fused-ring (bicyclic) bond motifs is 3. The topological polar surface area (TPSA) is 279 Å². The molecule has 2 aromatic heterocycles. The molecule has 9 N–H and O–H groups in total. The second-order valence-electron chi connectivity index (χ2n) is 12.3. The molecule has 1 fully saturated rings. The van der Waals surface area contributed by atoms with E-state index in [9.17, 15) is 39.2 Å². The van der Waals surface area contributed by atoms with E-state index in [2.05, 4.69) is 29.1 Å². The van der Waals surface area contributed by atoms with Crippen LogP contribution in [-0.4, -0.2) is 85.6 Å². The molecule has 0 radical (unpaired) electrons. The molecule has 1 unspecified atom stereocenters. The molecule has 1 aliphatic heterocycles. The predicted octanol–water partition coefficient (Wildman–Crippen LogP) is 1.81. The minimum absolute atomic E-state index is 0.00540. The molecule has 0 bridgehead atoms. The number of anilines is 1. The number of imidazole rings is 1. The van der Waals surface area contributed by atoms with Crippen molar-refractivity contribution in [2.75, 3.05) is 11.9 Å². The lowest BCUT2D eigenvalue weighted by molar-refractivity contribution is -0.0767. The summed E-state index contributed by atoms with van der Waals surface area (Å²) >= 11 is 0. The average molecular weight is 730 g/mol. The van der Waals surface area contributed by atoms with Crippen LogP contribution in [0.25, 0.3) is 43.5 Å². The molecular formula is C30H29N5O13P2. The number of nitrogens with zero attached hydrogens (tertiary/aromatic N) is 3. The monoisotopic (exact) mass is 729 g/mol. The van der Waals surface area contributed by atoms with E-state index >= 15 is 0 Å². The fraction of sp³-hybridized carbons (Fsp3) is 0.300. The molecule has 50 heavy (non-hydrogen) atoms. The van der Waals surface area contributed by atoms with Gasteiger partial charge in [-0.25, -0.2) is 14.1 Å². The average Bonchev–Trinajstić information content (AvgIpc) is 3.65. The van der Waals surface area contributed by atoms with Gasteiger partial charge in [-0.3, -0.25) is 18.9 Å². The molecule has 20 heteroatoms. The Labute approximate surface area is 279 Å². The molecule has 8 rings (SSSR count). The Kier molecular flexibility index (Phi) is 7.89. The number of hydrogen-bond acceptors (Lipinski definition) is 13. The molecule has 262 valence electrons. The summed E-state index contributed by atoms with van der Waals surface area (Å²) in [4.78, 5) is 51.6. The maximum atomic E-state index is 13.2. The summed E-state index contributed by atoms with van der Waals surface area (Å²) in [6.07, 6.45) is -7.00. The van der Waals surface area contributed by atoms with Crippen LogP contribution in [0.3, 0.4) is 0 Å². The minimum atomic E-state index is -5.36. The molecule has 4 aromatic carbocycles. The summed E-state index contributed by atoms with van der Waals surface area (Å²) in [5.41, 5.74) is 0.110. The maximum absolute atomic E-state index is 13.2. The van der Waals surface area contributed by atoms with E-state index in [0.717, 1.165) is 32.3 Å². The number of benzene rings is 4. The summed E-state index contributed by atoms with van der Waals surface area (Å²) < 4.78 is 38.3. The first kappa shape index (κ1) is 33.3. The number of ether oxygens (including phenoxy) is 1. The molecule has 3 heterocycles. The predicted molar refractivity (Wildman–Crippen MR) is 175 cm³/mol. The highest BCUT2D eigenvalue weighted by Gasteiger charge is 2.43. The zero-order chi connectivity index (χ0) is 35.3. The van der Waals surface area contributed by atoms with Crippen LogP contribution in [0.2, 0.25) is 0 Å². The number of aliphatic hydroxyl groups excluding tert-OH is 4. The van der Waals surface area contributed by atoms with Crippen LogP contribution in [0.4, 0.5) is 5.95 Å². The number of nitrogens with one attached hydrogen (secondary N) is 2. The van der Waals surface area contributed by atoms with Crippen LogP contribution in [0.5, 0.6) is 0 Å². The van der Waals surface area contributed by atoms with Gasteiger partial charge in [0.1, 0.15) is 30.6 Å². The van der Waals surface area contributed by atoms with Crippen molar-refractivity contribution in [2.45, 2.75) is 49.2 Å². The van der Waals surface area contributed by atoms with E-state index < -0.39 is 70.6 Å². The van der Waals surface area contributed by atoms with Gasteiger partial charge in [0, 0.05) is 6.42 Å². The first-order valence-electron chi connectivity index (χ1n) is 15.2. The van der Waals surface area contributed by atoms with Crippen molar-refractivity contribution < 1.29 is 57.8 Å². The Morgan fingerprint density at radius 3 is 2.44 bits per heavy atom. The number of H-pyrrole nitrogens is 1. The van der Waals surface area contributed by atoms with Gasteiger partial charge in [0.15, 0.2) is 11.2 Å². The quantitative estimate of drug-likeness (QED) is 0.0798. The summed E-state index contributed by atoms with van der Waals surface area (Å²) in [7, 11) is -10.6. The third-order valence-corrected chi connectivity index (χ3v) is 11.4. The number of phosphoric acid groups is 2. The van der Waals surface area contributed by atoms with Crippen LogP contribution >= 0.6 is 15.6 Å².